The predicted molar refractivity (Wildman–Crippen MR) is 162 cm³/mol. The molecule has 2 heterocycles. The first-order valence-corrected chi connectivity index (χ1v) is 14.1. The molecule has 0 saturated carbocycles. The highest BCUT2D eigenvalue weighted by Gasteiger charge is 2.14. The molecule has 0 aliphatic heterocycles. The first kappa shape index (κ1) is 29.6. The average molecular weight is 553 g/mol. The van der Waals surface area contributed by atoms with Gasteiger partial charge in [-0.05, 0) is 61.9 Å². The molecule has 202 valence electrons. The molecule has 3 aromatic rings. The van der Waals surface area contributed by atoms with Gasteiger partial charge in [-0.3, -0.25) is 0 Å². The molecule has 0 aliphatic carbocycles. The Morgan fingerprint density at radius 1 is 1.34 bits per heavy atom. The smallest absolute Gasteiger partial charge is 0.0834 e. The highest BCUT2D eigenvalue weighted by atomic mass is 35.5. The van der Waals surface area contributed by atoms with Gasteiger partial charge in [-0.1, -0.05) is 35.7 Å². The van der Waals surface area contributed by atoms with E-state index >= 15 is 0 Å². The fraction of sp³-hybridized carbons (Fsp3) is 0.379. The molecule has 0 radical (unpaired) electrons. The largest absolute Gasteiger partial charge is 0.394 e. The summed E-state index contributed by atoms with van der Waals surface area (Å²) in [5, 5.41) is 28.1. The number of fused-ring (bicyclic) bond motifs is 1. The minimum absolute atomic E-state index is 0.0252. The quantitative estimate of drug-likeness (QED) is 0.113. The Hall–Kier alpha value is -2.96. The Morgan fingerprint density at radius 3 is 2.84 bits per heavy atom. The molecule has 1 aromatic carbocycles. The summed E-state index contributed by atoms with van der Waals surface area (Å²) in [5.74, 6) is 3.52. The maximum atomic E-state index is 9.78. The lowest BCUT2D eigenvalue weighted by atomic mass is 10.0. The summed E-state index contributed by atoms with van der Waals surface area (Å²) in [6.45, 7) is 5.80. The number of terminal acetylenes is 1. The zero-order valence-electron chi connectivity index (χ0n) is 22.5. The van der Waals surface area contributed by atoms with Gasteiger partial charge in [-0.2, -0.15) is 10.2 Å². The molecule has 9 heteroatoms. The summed E-state index contributed by atoms with van der Waals surface area (Å²) in [6.07, 6.45) is 12.4. The van der Waals surface area contributed by atoms with E-state index in [1.807, 2.05) is 73.3 Å². The van der Waals surface area contributed by atoms with E-state index in [1.54, 1.807) is 18.0 Å². The van der Waals surface area contributed by atoms with E-state index in [2.05, 4.69) is 39.7 Å². The Balaban J connectivity index is 1.64. The first-order valence-electron chi connectivity index (χ1n) is 12.7. The molecule has 0 aliphatic rings. The normalized spacial score (nSPS) is 13.8. The standard InChI is InChI=1S/C29H37ClN6OS/c1-6-22(17-33-35(5)7-2)24-12-13-28-26(18-34-36(28)19-24)29(31-4)21(3)38-15-9-14-32-27(20-37)23-10-8-11-25(30)16-23/h1,8,10-13,16-19,22,27,31-32,37H,7,9,14-15,20H2,2-5H3/b29-21-,33-17-. The third-order valence-corrected chi connectivity index (χ3v) is 7.65. The number of hydrogen-bond acceptors (Lipinski definition) is 7. The molecule has 2 aromatic heterocycles. The Kier molecular flexibility index (Phi) is 11.6. The van der Waals surface area contributed by atoms with Crippen LogP contribution in [-0.2, 0) is 0 Å². The lowest BCUT2D eigenvalue weighted by Gasteiger charge is -2.17. The van der Waals surface area contributed by atoms with Crippen molar-refractivity contribution in [2.75, 3.05) is 39.5 Å². The van der Waals surface area contributed by atoms with Crippen molar-refractivity contribution in [3.8, 4) is 12.3 Å². The number of aliphatic hydroxyl groups is 1. The van der Waals surface area contributed by atoms with Crippen LogP contribution in [0.25, 0.3) is 11.2 Å². The van der Waals surface area contributed by atoms with Gasteiger partial charge in [-0.25, -0.2) is 4.52 Å². The monoisotopic (exact) mass is 552 g/mol. The molecule has 0 fully saturated rings. The molecule has 2 unspecified atom stereocenters. The van der Waals surface area contributed by atoms with E-state index < -0.39 is 0 Å². The second-order valence-electron chi connectivity index (χ2n) is 8.86. The van der Waals surface area contributed by atoms with E-state index in [1.165, 1.54) is 4.91 Å². The van der Waals surface area contributed by atoms with Crippen molar-refractivity contribution in [3.05, 3.63) is 75.4 Å². The highest BCUT2D eigenvalue weighted by Crippen LogP contribution is 2.28. The molecule has 2 atom stereocenters. The van der Waals surface area contributed by atoms with Gasteiger partial charge in [0.15, 0.2) is 0 Å². The van der Waals surface area contributed by atoms with Crippen molar-refractivity contribution >= 4 is 40.8 Å². The Labute approximate surface area is 235 Å². The molecule has 0 bridgehead atoms. The van der Waals surface area contributed by atoms with Crippen molar-refractivity contribution in [1.82, 2.24) is 25.3 Å². The number of allylic oxidation sites excluding steroid dienone is 1. The number of nitrogens with one attached hydrogen (secondary N) is 2. The van der Waals surface area contributed by atoms with Gasteiger partial charge >= 0.3 is 0 Å². The van der Waals surface area contributed by atoms with Crippen LogP contribution in [0, 0.1) is 12.3 Å². The number of pyridine rings is 1. The van der Waals surface area contributed by atoms with Crippen molar-refractivity contribution in [2.24, 2.45) is 5.10 Å². The molecule has 3 rings (SSSR count). The summed E-state index contributed by atoms with van der Waals surface area (Å²) >= 11 is 7.90. The van der Waals surface area contributed by atoms with E-state index in [-0.39, 0.29) is 18.6 Å². The van der Waals surface area contributed by atoms with E-state index in [0.717, 1.165) is 53.2 Å². The van der Waals surface area contributed by atoms with E-state index in [9.17, 15) is 5.11 Å². The Morgan fingerprint density at radius 2 is 2.16 bits per heavy atom. The molecule has 7 nitrogen and oxygen atoms in total. The lowest BCUT2D eigenvalue weighted by Crippen LogP contribution is -2.25. The van der Waals surface area contributed by atoms with Crippen molar-refractivity contribution in [2.45, 2.75) is 32.2 Å². The number of thioether (sulfide) groups is 1. The maximum Gasteiger partial charge on any atom is 0.0834 e. The predicted octanol–water partition coefficient (Wildman–Crippen LogP) is 5.00. The number of halogens is 1. The van der Waals surface area contributed by atoms with Gasteiger partial charge < -0.3 is 20.7 Å². The topological polar surface area (TPSA) is 77.2 Å². The van der Waals surface area contributed by atoms with Gasteiger partial charge in [0.2, 0.25) is 0 Å². The zero-order chi connectivity index (χ0) is 27.5. The first-order chi connectivity index (χ1) is 18.4. The zero-order valence-corrected chi connectivity index (χ0v) is 24.1. The van der Waals surface area contributed by atoms with Crippen LogP contribution >= 0.6 is 23.4 Å². The van der Waals surface area contributed by atoms with Crippen LogP contribution in [-0.4, -0.2) is 65.5 Å². The van der Waals surface area contributed by atoms with Crippen molar-refractivity contribution in [1.29, 1.82) is 0 Å². The molecule has 3 N–H and O–H groups in total. The van der Waals surface area contributed by atoms with Gasteiger partial charge in [0.05, 0.1) is 36.0 Å². The van der Waals surface area contributed by atoms with Gasteiger partial charge in [0.25, 0.3) is 0 Å². The van der Waals surface area contributed by atoms with Crippen LogP contribution < -0.4 is 10.6 Å². The molecular formula is C29H37ClN6OS. The highest BCUT2D eigenvalue weighted by molar-refractivity contribution is 8.03. The number of hydrazone groups is 1. The fourth-order valence-corrected chi connectivity index (χ4v) is 5.17. The Bertz CT molecular complexity index is 1300. The number of aromatic nitrogens is 2. The molecule has 0 amide bonds. The van der Waals surface area contributed by atoms with Crippen LogP contribution in [0.15, 0.2) is 58.8 Å². The third-order valence-electron chi connectivity index (χ3n) is 6.28. The summed E-state index contributed by atoms with van der Waals surface area (Å²) in [4.78, 5) is 1.19. The van der Waals surface area contributed by atoms with E-state index in [4.69, 9.17) is 18.0 Å². The fourth-order valence-electron chi connectivity index (χ4n) is 4.02. The third kappa shape index (κ3) is 7.78. The molecule has 0 spiro atoms. The number of hydrogen-bond donors (Lipinski definition) is 3. The summed E-state index contributed by atoms with van der Waals surface area (Å²) < 4.78 is 1.87. The van der Waals surface area contributed by atoms with E-state index in [0.29, 0.717) is 5.02 Å². The van der Waals surface area contributed by atoms with Gasteiger partial charge in [0, 0.05) is 48.5 Å². The van der Waals surface area contributed by atoms with Gasteiger partial charge in [-0.15, -0.1) is 18.2 Å². The number of rotatable bonds is 14. The molecular weight excluding hydrogens is 516 g/mol. The van der Waals surface area contributed by atoms with Crippen LogP contribution in [0.5, 0.6) is 0 Å². The minimum Gasteiger partial charge on any atom is -0.394 e. The van der Waals surface area contributed by atoms with Crippen molar-refractivity contribution in [3.63, 3.8) is 0 Å². The second-order valence-corrected chi connectivity index (χ2v) is 10.6. The van der Waals surface area contributed by atoms with Crippen LogP contribution in [0.3, 0.4) is 0 Å². The molecule has 0 saturated heterocycles. The number of aliphatic hydroxyl groups excluding tert-OH is 1. The molecule has 38 heavy (non-hydrogen) atoms. The summed E-state index contributed by atoms with van der Waals surface area (Å²) in [6, 6.07) is 11.6. The summed E-state index contributed by atoms with van der Waals surface area (Å²) in [7, 11) is 3.85. The van der Waals surface area contributed by atoms with Crippen LogP contribution in [0.2, 0.25) is 5.02 Å². The number of nitrogens with zero attached hydrogens (tertiary/aromatic N) is 4. The average Bonchev–Trinajstić information content (AvgIpc) is 3.34. The lowest BCUT2D eigenvalue weighted by molar-refractivity contribution is 0.245. The van der Waals surface area contributed by atoms with Crippen LogP contribution in [0.1, 0.15) is 48.9 Å². The second kappa shape index (κ2) is 14.8. The minimum atomic E-state index is -0.226. The maximum absolute atomic E-state index is 9.78. The van der Waals surface area contributed by atoms with Crippen LogP contribution in [0.4, 0.5) is 0 Å². The SMILES string of the molecule is C#CC(/C=N\N(C)CC)c1ccc2c(/C(NC)=C(\C)SCCCNC(CO)c3cccc(Cl)c3)cnn2c1. The summed E-state index contributed by atoms with van der Waals surface area (Å²) in [5.41, 5.74) is 5.06. The number of benzene rings is 1. The van der Waals surface area contributed by atoms with Crippen molar-refractivity contribution < 1.29 is 5.11 Å². The van der Waals surface area contributed by atoms with Gasteiger partial charge in [0.1, 0.15) is 0 Å².